The first kappa shape index (κ1) is 6.86. The lowest BCUT2D eigenvalue weighted by Gasteiger charge is -2.27. The Bertz CT molecular complexity index is 210. The highest BCUT2D eigenvalue weighted by Gasteiger charge is 2.41. The van der Waals surface area contributed by atoms with Crippen LogP contribution in [0.25, 0.3) is 0 Å². The van der Waals surface area contributed by atoms with E-state index in [1.54, 1.807) is 6.40 Å². The molecular formula is C8H13N3O. The third-order valence-electron chi connectivity index (χ3n) is 3.02. The Morgan fingerprint density at radius 2 is 2.42 bits per heavy atom. The molecule has 0 radical (unpaired) electrons. The molecule has 3 aliphatic heterocycles. The number of piperazine rings is 1. The summed E-state index contributed by atoms with van der Waals surface area (Å²) in [7, 11) is 0. The molecule has 0 aliphatic carbocycles. The van der Waals surface area contributed by atoms with Gasteiger partial charge in [-0.15, -0.1) is 0 Å². The van der Waals surface area contributed by atoms with Crippen LogP contribution in [0.3, 0.4) is 0 Å². The van der Waals surface area contributed by atoms with Crippen molar-refractivity contribution in [2.75, 3.05) is 32.8 Å². The highest BCUT2D eigenvalue weighted by atomic mass is 16.5. The molecule has 0 saturated carbocycles. The van der Waals surface area contributed by atoms with Crippen molar-refractivity contribution in [2.45, 2.75) is 12.1 Å². The van der Waals surface area contributed by atoms with Crippen molar-refractivity contribution in [3.63, 3.8) is 0 Å². The first-order valence-electron chi connectivity index (χ1n) is 4.53. The van der Waals surface area contributed by atoms with E-state index < -0.39 is 0 Å². The molecule has 4 unspecified atom stereocenters. The van der Waals surface area contributed by atoms with Crippen molar-refractivity contribution in [1.29, 1.82) is 0 Å². The van der Waals surface area contributed by atoms with Gasteiger partial charge in [0.25, 0.3) is 0 Å². The van der Waals surface area contributed by atoms with Gasteiger partial charge in [-0.3, -0.25) is 14.8 Å². The number of hydrogen-bond acceptors (Lipinski definition) is 4. The largest absolute Gasteiger partial charge is 0.477 e. The summed E-state index contributed by atoms with van der Waals surface area (Å²) in [6.45, 7) is 5.63. The molecule has 0 N–H and O–H groups in total. The quantitative estimate of drug-likeness (QED) is 0.520. The summed E-state index contributed by atoms with van der Waals surface area (Å²) in [6, 6.07) is 0.598. The van der Waals surface area contributed by atoms with Gasteiger partial charge in [0.1, 0.15) is 6.10 Å². The molecule has 2 saturated heterocycles. The number of ether oxygens (including phenoxy) is 1. The van der Waals surface area contributed by atoms with Gasteiger partial charge < -0.3 is 4.74 Å². The Hall–Kier alpha value is -0.610. The fourth-order valence-corrected chi connectivity index (χ4v) is 2.34. The van der Waals surface area contributed by atoms with Crippen molar-refractivity contribution in [2.24, 2.45) is 4.99 Å². The molecule has 2 bridgehead atoms. The molecule has 4 nitrogen and oxygen atoms in total. The summed E-state index contributed by atoms with van der Waals surface area (Å²) in [4.78, 5) is 9.08. The molecule has 3 heterocycles. The van der Waals surface area contributed by atoms with Crippen LogP contribution in [-0.2, 0) is 4.74 Å². The Morgan fingerprint density at radius 1 is 1.42 bits per heavy atom. The normalized spacial score (nSPS) is 50.0. The van der Waals surface area contributed by atoms with E-state index in [0.717, 1.165) is 13.2 Å². The van der Waals surface area contributed by atoms with Crippen LogP contribution in [0, 0.1) is 0 Å². The van der Waals surface area contributed by atoms with Crippen molar-refractivity contribution in [3.8, 4) is 0 Å². The number of nitrogens with zero attached hydrogens (tertiary/aromatic N) is 3. The molecule has 66 valence electrons. The zero-order valence-electron chi connectivity index (χ0n) is 7.02. The molecule has 2 fully saturated rings. The number of rotatable bonds is 1. The highest BCUT2D eigenvalue weighted by Crippen LogP contribution is 2.23. The Morgan fingerprint density at radius 3 is 3.00 bits per heavy atom. The average Bonchev–Trinajstić information content (AvgIpc) is 2.81. The molecule has 3 aliphatic rings. The SMILES string of the molecule is C1=NCC(C2CN3CCN2C3)O1. The summed E-state index contributed by atoms with van der Waals surface area (Å²) < 4.78 is 5.43. The van der Waals surface area contributed by atoms with Crippen molar-refractivity contribution < 1.29 is 4.74 Å². The third kappa shape index (κ3) is 0.881. The van der Waals surface area contributed by atoms with E-state index in [-0.39, 0.29) is 0 Å². The summed E-state index contributed by atoms with van der Waals surface area (Å²) in [5, 5.41) is 0. The van der Waals surface area contributed by atoms with E-state index in [0.29, 0.717) is 12.1 Å². The van der Waals surface area contributed by atoms with E-state index in [1.807, 2.05) is 0 Å². The standard InChI is InChI=1S/C8H13N3O/c1-2-11-6-10(1)4-7(11)8-3-9-5-12-8/h5,7-8H,1-4,6H2. The van der Waals surface area contributed by atoms with Crippen LogP contribution in [0.15, 0.2) is 4.99 Å². The third-order valence-corrected chi connectivity index (χ3v) is 3.02. The van der Waals surface area contributed by atoms with E-state index in [4.69, 9.17) is 4.74 Å². The molecule has 0 amide bonds. The second-order valence-electron chi connectivity index (χ2n) is 3.74. The van der Waals surface area contributed by atoms with Gasteiger partial charge in [0.2, 0.25) is 0 Å². The molecule has 3 rings (SSSR count). The van der Waals surface area contributed by atoms with Crippen LogP contribution in [-0.4, -0.2) is 61.2 Å². The van der Waals surface area contributed by atoms with E-state index in [9.17, 15) is 0 Å². The van der Waals surface area contributed by atoms with Crippen molar-refractivity contribution in [3.05, 3.63) is 0 Å². The minimum absolute atomic E-state index is 0.329. The van der Waals surface area contributed by atoms with Gasteiger partial charge in [0, 0.05) is 19.6 Å². The first-order chi connectivity index (χ1) is 5.93. The maximum atomic E-state index is 5.43. The van der Waals surface area contributed by atoms with Crippen LogP contribution >= 0.6 is 0 Å². The molecule has 12 heavy (non-hydrogen) atoms. The second-order valence-corrected chi connectivity index (χ2v) is 3.74. The summed E-state index contributed by atoms with van der Waals surface area (Å²) in [5.41, 5.74) is 0. The Balaban J connectivity index is 1.70. The fourth-order valence-electron chi connectivity index (χ4n) is 2.34. The van der Waals surface area contributed by atoms with Crippen LogP contribution in [0.4, 0.5) is 0 Å². The minimum Gasteiger partial charge on any atom is -0.477 e. The van der Waals surface area contributed by atoms with Gasteiger partial charge in [-0.1, -0.05) is 0 Å². The molecular weight excluding hydrogens is 154 g/mol. The molecule has 0 aromatic carbocycles. The van der Waals surface area contributed by atoms with Crippen LogP contribution < -0.4 is 0 Å². The average molecular weight is 167 g/mol. The van der Waals surface area contributed by atoms with E-state index in [1.165, 1.54) is 19.6 Å². The zero-order valence-corrected chi connectivity index (χ0v) is 7.02. The lowest BCUT2D eigenvalue weighted by molar-refractivity contribution is 0.114. The van der Waals surface area contributed by atoms with Gasteiger partial charge in [-0.05, 0) is 0 Å². The summed E-state index contributed by atoms with van der Waals surface area (Å²) in [5.74, 6) is 0. The fraction of sp³-hybridized carbons (Fsp3) is 0.875. The monoisotopic (exact) mass is 167 g/mol. The maximum absolute atomic E-state index is 5.43. The predicted octanol–water partition coefficient (Wildman–Crippen LogP) is -0.629. The zero-order chi connectivity index (χ0) is 7.97. The van der Waals surface area contributed by atoms with E-state index in [2.05, 4.69) is 14.8 Å². The van der Waals surface area contributed by atoms with Gasteiger partial charge in [-0.2, -0.15) is 0 Å². The molecule has 0 spiro atoms. The predicted molar refractivity (Wildman–Crippen MR) is 45.2 cm³/mol. The lowest BCUT2D eigenvalue weighted by atomic mass is 10.1. The Kier molecular flexibility index (Phi) is 1.39. The lowest BCUT2D eigenvalue weighted by Crippen LogP contribution is -2.45. The molecule has 4 atom stereocenters. The summed E-state index contributed by atoms with van der Waals surface area (Å²) in [6.07, 6.45) is 1.93. The van der Waals surface area contributed by atoms with Gasteiger partial charge in [-0.25, -0.2) is 0 Å². The first-order valence-corrected chi connectivity index (χ1v) is 4.53. The number of aliphatic imine (C=N–C) groups is 1. The van der Waals surface area contributed by atoms with Gasteiger partial charge in [0.05, 0.1) is 19.3 Å². The Labute approximate surface area is 71.8 Å². The van der Waals surface area contributed by atoms with Gasteiger partial charge in [0.15, 0.2) is 6.40 Å². The topological polar surface area (TPSA) is 28.1 Å². The van der Waals surface area contributed by atoms with Crippen molar-refractivity contribution in [1.82, 2.24) is 9.80 Å². The van der Waals surface area contributed by atoms with Crippen LogP contribution in [0.2, 0.25) is 0 Å². The second kappa shape index (κ2) is 2.44. The minimum atomic E-state index is 0.329. The number of fused-ring (bicyclic) bond motifs is 2. The molecule has 0 aromatic heterocycles. The van der Waals surface area contributed by atoms with E-state index >= 15 is 0 Å². The van der Waals surface area contributed by atoms with Crippen LogP contribution in [0.5, 0.6) is 0 Å². The smallest absolute Gasteiger partial charge is 0.170 e. The summed E-state index contributed by atoms with van der Waals surface area (Å²) >= 11 is 0. The van der Waals surface area contributed by atoms with Crippen LogP contribution in [0.1, 0.15) is 0 Å². The molecule has 0 aromatic rings. The molecule has 4 heteroatoms. The number of hydrogen-bond donors (Lipinski definition) is 0. The highest BCUT2D eigenvalue weighted by molar-refractivity contribution is 5.49. The van der Waals surface area contributed by atoms with Crippen molar-refractivity contribution >= 4 is 6.40 Å². The maximum Gasteiger partial charge on any atom is 0.170 e. The van der Waals surface area contributed by atoms with Gasteiger partial charge >= 0.3 is 0 Å².